The number of nitrogens with one attached hydrogen (secondary N) is 1. The van der Waals surface area contributed by atoms with Crippen LogP contribution < -0.4 is 15.0 Å². The lowest BCUT2D eigenvalue weighted by Gasteiger charge is -2.25. The van der Waals surface area contributed by atoms with Gasteiger partial charge in [0, 0.05) is 24.8 Å². The van der Waals surface area contributed by atoms with Crippen LogP contribution in [0, 0.1) is 11.3 Å². The number of nitrogens with zero attached hydrogens (tertiary/aromatic N) is 5. The van der Waals surface area contributed by atoms with Gasteiger partial charge in [0.15, 0.2) is 5.65 Å². The first kappa shape index (κ1) is 17.8. The lowest BCUT2D eigenvalue weighted by atomic mass is 10.1. The Morgan fingerprint density at radius 3 is 3.04 bits per heavy atom. The summed E-state index contributed by atoms with van der Waals surface area (Å²) < 4.78 is 7.66. The SMILES string of the molecule is CCN1Cc2c(C#N)cccc2OC(C)CNC(=O)c2cnn3ccc1nc23. The first-order valence-corrected chi connectivity index (χ1v) is 9.17. The fraction of sp³-hybridized carbons (Fsp3) is 0.300. The average molecular weight is 376 g/mol. The van der Waals surface area contributed by atoms with Gasteiger partial charge in [-0.05, 0) is 32.0 Å². The van der Waals surface area contributed by atoms with Crippen LogP contribution in [0.15, 0.2) is 36.7 Å². The molecule has 0 fully saturated rings. The fourth-order valence-electron chi connectivity index (χ4n) is 3.28. The van der Waals surface area contributed by atoms with E-state index in [2.05, 4.69) is 21.5 Å². The summed E-state index contributed by atoms with van der Waals surface area (Å²) in [6.45, 7) is 5.37. The third-order valence-electron chi connectivity index (χ3n) is 4.79. The lowest BCUT2D eigenvalue weighted by Crippen LogP contribution is -2.33. The number of carbonyl (C=O) groups is 1. The quantitative estimate of drug-likeness (QED) is 0.699. The van der Waals surface area contributed by atoms with E-state index in [1.807, 2.05) is 30.9 Å². The smallest absolute Gasteiger partial charge is 0.256 e. The molecule has 1 atom stereocenters. The first-order chi connectivity index (χ1) is 13.6. The van der Waals surface area contributed by atoms with Crippen LogP contribution in [-0.2, 0) is 6.54 Å². The highest BCUT2D eigenvalue weighted by Crippen LogP contribution is 2.27. The molecule has 1 N–H and O–H groups in total. The predicted octanol–water partition coefficient (Wildman–Crippen LogP) is 2.14. The molecular weight excluding hydrogens is 356 g/mol. The molecule has 1 aromatic carbocycles. The van der Waals surface area contributed by atoms with Crippen LogP contribution in [0.3, 0.4) is 0 Å². The Morgan fingerprint density at radius 2 is 2.25 bits per heavy atom. The molecular formula is C20H20N6O2. The molecule has 3 aromatic rings. The topological polar surface area (TPSA) is 95.6 Å². The molecule has 1 aliphatic heterocycles. The van der Waals surface area contributed by atoms with E-state index in [-0.39, 0.29) is 12.0 Å². The fourth-order valence-corrected chi connectivity index (χ4v) is 3.28. The molecule has 2 bridgehead atoms. The summed E-state index contributed by atoms with van der Waals surface area (Å²) in [7, 11) is 0. The van der Waals surface area contributed by atoms with Crippen LogP contribution in [-0.4, -0.2) is 39.7 Å². The number of hydrogen-bond donors (Lipinski definition) is 1. The molecule has 0 spiro atoms. The minimum atomic E-state index is -0.269. The van der Waals surface area contributed by atoms with Gasteiger partial charge in [-0.2, -0.15) is 10.4 Å². The van der Waals surface area contributed by atoms with Crippen molar-refractivity contribution in [3.8, 4) is 11.8 Å². The molecule has 4 rings (SSSR count). The molecule has 0 saturated heterocycles. The Kier molecular flexibility index (Phi) is 4.57. The van der Waals surface area contributed by atoms with Crippen molar-refractivity contribution in [2.45, 2.75) is 26.5 Å². The van der Waals surface area contributed by atoms with Crippen LogP contribution in [0.5, 0.6) is 5.75 Å². The van der Waals surface area contributed by atoms with Crippen molar-refractivity contribution in [3.63, 3.8) is 0 Å². The van der Waals surface area contributed by atoms with E-state index in [1.54, 1.807) is 22.8 Å². The minimum Gasteiger partial charge on any atom is -0.488 e. The molecule has 8 heteroatoms. The van der Waals surface area contributed by atoms with Gasteiger partial charge in [0.25, 0.3) is 5.91 Å². The summed E-state index contributed by atoms with van der Waals surface area (Å²) in [5.74, 6) is 1.10. The maximum Gasteiger partial charge on any atom is 0.256 e. The Labute approximate surface area is 162 Å². The number of anilines is 1. The molecule has 28 heavy (non-hydrogen) atoms. The van der Waals surface area contributed by atoms with E-state index in [1.165, 1.54) is 6.20 Å². The molecule has 2 aromatic heterocycles. The number of rotatable bonds is 1. The highest BCUT2D eigenvalue weighted by atomic mass is 16.5. The Balaban J connectivity index is 1.88. The van der Waals surface area contributed by atoms with E-state index in [0.29, 0.717) is 48.0 Å². The molecule has 0 aliphatic carbocycles. The summed E-state index contributed by atoms with van der Waals surface area (Å²) in [6.07, 6.45) is 3.04. The van der Waals surface area contributed by atoms with Crippen LogP contribution in [0.1, 0.15) is 35.3 Å². The van der Waals surface area contributed by atoms with Gasteiger partial charge in [0.2, 0.25) is 0 Å². The number of benzene rings is 1. The van der Waals surface area contributed by atoms with E-state index in [0.717, 1.165) is 5.56 Å². The van der Waals surface area contributed by atoms with E-state index in [9.17, 15) is 10.1 Å². The summed E-state index contributed by atoms with van der Waals surface area (Å²) in [5.41, 5.74) is 2.28. The molecule has 1 amide bonds. The monoisotopic (exact) mass is 376 g/mol. The Hall–Kier alpha value is -3.60. The van der Waals surface area contributed by atoms with Crippen molar-refractivity contribution in [1.29, 1.82) is 5.26 Å². The third-order valence-corrected chi connectivity index (χ3v) is 4.79. The molecule has 3 heterocycles. The molecule has 142 valence electrons. The second-order valence-corrected chi connectivity index (χ2v) is 6.66. The molecule has 1 unspecified atom stereocenters. The standard InChI is InChI=1S/C20H20N6O2/c1-3-25-12-16-14(9-21)5-4-6-17(16)28-13(2)10-22-20(27)15-11-23-26-8-7-18(25)24-19(15)26/h4-8,11,13H,3,10,12H2,1-2H3,(H,22,27). The zero-order valence-electron chi connectivity index (χ0n) is 15.7. The second-order valence-electron chi connectivity index (χ2n) is 6.66. The third kappa shape index (κ3) is 3.11. The number of ether oxygens (including phenoxy) is 1. The lowest BCUT2D eigenvalue weighted by molar-refractivity contribution is 0.0933. The molecule has 8 nitrogen and oxygen atoms in total. The summed E-state index contributed by atoms with van der Waals surface area (Å²) in [5, 5.41) is 16.7. The van der Waals surface area contributed by atoms with E-state index >= 15 is 0 Å². The number of carbonyl (C=O) groups excluding carboxylic acids is 1. The van der Waals surface area contributed by atoms with Gasteiger partial charge < -0.3 is 15.0 Å². The maximum atomic E-state index is 12.6. The Morgan fingerprint density at radius 1 is 1.39 bits per heavy atom. The van der Waals surface area contributed by atoms with Crippen molar-refractivity contribution < 1.29 is 9.53 Å². The van der Waals surface area contributed by atoms with Gasteiger partial charge in [0.05, 0.1) is 24.4 Å². The van der Waals surface area contributed by atoms with Crippen LogP contribution in [0.25, 0.3) is 5.65 Å². The predicted molar refractivity (Wildman–Crippen MR) is 103 cm³/mol. The number of nitriles is 1. The molecule has 0 radical (unpaired) electrons. The largest absolute Gasteiger partial charge is 0.488 e. The van der Waals surface area contributed by atoms with Gasteiger partial charge >= 0.3 is 0 Å². The molecule has 0 saturated carbocycles. The summed E-state index contributed by atoms with van der Waals surface area (Å²) >= 11 is 0. The summed E-state index contributed by atoms with van der Waals surface area (Å²) in [6, 6.07) is 9.55. The Bertz CT molecular complexity index is 1080. The van der Waals surface area contributed by atoms with Crippen LogP contribution in [0.4, 0.5) is 5.82 Å². The maximum absolute atomic E-state index is 12.6. The average Bonchev–Trinajstić information content (AvgIpc) is 3.13. The van der Waals surface area contributed by atoms with Crippen molar-refractivity contribution >= 4 is 17.4 Å². The van der Waals surface area contributed by atoms with E-state index in [4.69, 9.17) is 4.74 Å². The zero-order chi connectivity index (χ0) is 19.7. The van der Waals surface area contributed by atoms with Gasteiger partial charge in [-0.1, -0.05) is 6.07 Å². The van der Waals surface area contributed by atoms with Gasteiger partial charge in [0.1, 0.15) is 23.2 Å². The van der Waals surface area contributed by atoms with Crippen molar-refractivity contribution in [1.82, 2.24) is 19.9 Å². The minimum absolute atomic E-state index is 0.247. The van der Waals surface area contributed by atoms with Gasteiger partial charge in [-0.3, -0.25) is 4.79 Å². The zero-order valence-corrected chi connectivity index (χ0v) is 15.7. The summed E-state index contributed by atoms with van der Waals surface area (Å²) in [4.78, 5) is 19.3. The number of fused-ring (bicyclic) bond motifs is 2. The number of hydrogen-bond acceptors (Lipinski definition) is 6. The van der Waals surface area contributed by atoms with E-state index < -0.39 is 0 Å². The van der Waals surface area contributed by atoms with Crippen molar-refractivity contribution in [2.24, 2.45) is 0 Å². The molecule has 1 aliphatic rings. The number of amides is 1. The second kappa shape index (κ2) is 7.19. The highest BCUT2D eigenvalue weighted by molar-refractivity contribution is 5.99. The normalized spacial score (nSPS) is 17.0. The van der Waals surface area contributed by atoms with Crippen molar-refractivity contribution in [2.75, 3.05) is 18.0 Å². The first-order valence-electron chi connectivity index (χ1n) is 9.17. The highest BCUT2D eigenvalue weighted by Gasteiger charge is 2.21. The number of aromatic nitrogens is 3. The van der Waals surface area contributed by atoms with Gasteiger partial charge in [-0.25, -0.2) is 9.50 Å². The van der Waals surface area contributed by atoms with Crippen molar-refractivity contribution in [3.05, 3.63) is 53.3 Å². The van der Waals surface area contributed by atoms with Gasteiger partial charge in [-0.15, -0.1) is 0 Å². The van der Waals surface area contributed by atoms with Crippen LogP contribution >= 0.6 is 0 Å². The van der Waals surface area contributed by atoms with Crippen LogP contribution in [0.2, 0.25) is 0 Å².